The van der Waals surface area contributed by atoms with Crippen LogP contribution in [0.3, 0.4) is 0 Å². The summed E-state index contributed by atoms with van der Waals surface area (Å²) in [5.41, 5.74) is -4.34. The molecule has 2 aromatic carbocycles. The molecule has 0 aliphatic heterocycles. The molecular formula is C22H12F3N5O4S. The Morgan fingerprint density at radius 3 is 2.57 bits per heavy atom. The van der Waals surface area contributed by atoms with Gasteiger partial charge in [0.1, 0.15) is 22.8 Å². The molecule has 35 heavy (non-hydrogen) atoms. The molecule has 2 heterocycles. The van der Waals surface area contributed by atoms with Crippen LogP contribution < -0.4 is 10.3 Å². The molecule has 1 amide bonds. The van der Waals surface area contributed by atoms with Crippen LogP contribution in [0.4, 0.5) is 13.2 Å². The zero-order valence-corrected chi connectivity index (χ0v) is 18.4. The molecular weight excluding hydrogens is 487 g/mol. The van der Waals surface area contributed by atoms with Crippen LogP contribution in [0.2, 0.25) is 0 Å². The summed E-state index contributed by atoms with van der Waals surface area (Å²) < 4.78 is 68.5. The monoisotopic (exact) mass is 499 g/mol. The normalized spacial score (nSPS) is 11.6. The van der Waals surface area contributed by atoms with Gasteiger partial charge in [-0.15, -0.1) is 0 Å². The maximum Gasteiger partial charge on any atom is 0.435 e. The second kappa shape index (κ2) is 8.30. The minimum absolute atomic E-state index is 0.120. The summed E-state index contributed by atoms with van der Waals surface area (Å²) in [5.74, 6) is -1.40. The van der Waals surface area contributed by atoms with Gasteiger partial charge >= 0.3 is 6.18 Å². The van der Waals surface area contributed by atoms with Gasteiger partial charge in [0.05, 0.1) is 10.5 Å². The van der Waals surface area contributed by atoms with Gasteiger partial charge in [0.2, 0.25) is 0 Å². The van der Waals surface area contributed by atoms with E-state index in [4.69, 9.17) is 5.26 Å². The molecule has 0 radical (unpaired) electrons. The first-order valence-electron chi connectivity index (χ1n) is 9.63. The third-order valence-electron chi connectivity index (χ3n) is 4.90. The number of hydrogen-bond acceptors (Lipinski definition) is 6. The Morgan fingerprint density at radius 2 is 1.94 bits per heavy atom. The van der Waals surface area contributed by atoms with Gasteiger partial charge < -0.3 is 4.98 Å². The van der Waals surface area contributed by atoms with E-state index in [9.17, 15) is 31.2 Å². The molecule has 0 saturated heterocycles. The van der Waals surface area contributed by atoms with E-state index >= 15 is 0 Å². The van der Waals surface area contributed by atoms with Crippen molar-refractivity contribution in [1.82, 2.24) is 19.3 Å². The van der Waals surface area contributed by atoms with Crippen LogP contribution in [-0.4, -0.2) is 28.9 Å². The molecule has 0 spiro atoms. The van der Waals surface area contributed by atoms with Crippen molar-refractivity contribution in [3.63, 3.8) is 0 Å². The van der Waals surface area contributed by atoms with E-state index in [-0.39, 0.29) is 22.5 Å². The highest BCUT2D eigenvalue weighted by molar-refractivity contribution is 7.90. The average Bonchev–Trinajstić information content (AvgIpc) is 3.19. The number of rotatable bonds is 4. The first-order chi connectivity index (χ1) is 16.4. The number of carbonyl (C=O) groups excluding carboxylic acids is 1. The van der Waals surface area contributed by atoms with E-state index in [0.717, 1.165) is 12.1 Å². The van der Waals surface area contributed by atoms with Crippen molar-refractivity contribution in [1.29, 1.82) is 5.26 Å². The Kier molecular flexibility index (Phi) is 5.58. The summed E-state index contributed by atoms with van der Waals surface area (Å²) in [6.45, 7) is 1.23. The first-order valence-corrected chi connectivity index (χ1v) is 11.1. The molecule has 13 heteroatoms. The van der Waals surface area contributed by atoms with Crippen LogP contribution in [-0.2, 0) is 16.2 Å². The van der Waals surface area contributed by atoms with Crippen molar-refractivity contribution in [3.05, 3.63) is 87.5 Å². The first kappa shape index (κ1) is 23.5. The zero-order valence-electron chi connectivity index (χ0n) is 17.6. The van der Waals surface area contributed by atoms with Crippen molar-refractivity contribution in [3.8, 4) is 17.2 Å². The predicted octanol–water partition coefficient (Wildman–Crippen LogP) is 2.61. The van der Waals surface area contributed by atoms with Gasteiger partial charge in [-0.25, -0.2) is 13.1 Å². The Morgan fingerprint density at radius 1 is 1.26 bits per heavy atom. The molecule has 0 bridgehead atoms. The predicted molar refractivity (Wildman–Crippen MR) is 114 cm³/mol. The lowest BCUT2D eigenvalue weighted by atomic mass is 10.1. The summed E-state index contributed by atoms with van der Waals surface area (Å²) in [5, 5.41) is 12.3. The molecule has 0 saturated carbocycles. The average molecular weight is 499 g/mol. The fourth-order valence-corrected chi connectivity index (χ4v) is 4.33. The van der Waals surface area contributed by atoms with E-state index in [0.29, 0.717) is 4.52 Å². The number of sulfonamides is 1. The smallest absolute Gasteiger partial charge is 0.342 e. The molecule has 4 rings (SSSR count). The second-order valence-corrected chi connectivity index (χ2v) is 8.88. The number of aromatic amines is 1. The minimum atomic E-state index is -4.93. The number of alkyl halides is 3. The van der Waals surface area contributed by atoms with Gasteiger partial charge in [0, 0.05) is 11.8 Å². The third kappa shape index (κ3) is 4.20. The second-order valence-electron chi connectivity index (χ2n) is 7.20. The summed E-state index contributed by atoms with van der Waals surface area (Å²) >= 11 is 0. The van der Waals surface area contributed by atoms with Gasteiger partial charge in [0.15, 0.2) is 5.69 Å². The number of hydrogen-bond donors (Lipinski definition) is 2. The highest BCUT2D eigenvalue weighted by atomic mass is 32.2. The minimum Gasteiger partial charge on any atom is -0.342 e. The number of carbonyl (C=O) groups is 1. The number of H-pyrrole nitrogens is 1. The lowest BCUT2D eigenvalue weighted by Crippen LogP contribution is -2.36. The van der Waals surface area contributed by atoms with E-state index in [1.54, 1.807) is 16.9 Å². The Labute approximate surface area is 195 Å². The van der Waals surface area contributed by atoms with Crippen molar-refractivity contribution >= 4 is 21.6 Å². The molecule has 0 fully saturated rings. The zero-order chi connectivity index (χ0) is 25.5. The number of nitrogens with one attached hydrogen (secondary N) is 2. The van der Waals surface area contributed by atoms with Crippen molar-refractivity contribution < 1.29 is 26.4 Å². The summed E-state index contributed by atoms with van der Waals surface area (Å²) in [4.78, 5) is 27.9. The lowest BCUT2D eigenvalue weighted by molar-refractivity contribution is -0.140. The fourth-order valence-electron chi connectivity index (χ4n) is 3.38. The number of aryl methyl sites for hydroxylation is 1. The summed E-state index contributed by atoms with van der Waals surface area (Å²) in [7, 11) is -4.56. The van der Waals surface area contributed by atoms with Gasteiger partial charge in [-0.05, 0) is 18.6 Å². The van der Waals surface area contributed by atoms with Crippen LogP contribution >= 0.6 is 0 Å². The van der Waals surface area contributed by atoms with E-state index in [1.165, 1.54) is 31.2 Å². The third-order valence-corrected chi connectivity index (χ3v) is 6.21. The molecule has 2 aromatic heterocycles. The number of benzene rings is 1. The van der Waals surface area contributed by atoms with Gasteiger partial charge in [-0.3, -0.25) is 9.59 Å². The van der Waals surface area contributed by atoms with Crippen molar-refractivity contribution in [2.45, 2.75) is 18.0 Å². The van der Waals surface area contributed by atoms with Crippen LogP contribution in [0.25, 0.3) is 16.8 Å². The van der Waals surface area contributed by atoms with Crippen LogP contribution in [0.1, 0.15) is 27.3 Å². The maximum absolute atomic E-state index is 13.8. The quantitative estimate of drug-likeness (QED) is 0.443. The molecule has 0 atom stereocenters. The Bertz CT molecular complexity index is 1680. The van der Waals surface area contributed by atoms with Crippen molar-refractivity contribution in [2.75, 3.05) is 0 Å². The number of aromatic nitrogens is 3. The molecule has 176 valence electrons. The SMILES string of the molecule is Cc1[nH]c2c(-c3ccccc3)c(C(F)(F)F)nn2c(=O)c1C(=O)NS(=O)(=O)c1cc#cc(C#N)c1. The largest absolute Gasteiger partial charge is 0.435 e. The summed E-state index contributed by atoms with van der Waals surface area (Å²) in [6.07, 6.45) is -4.93. The maximum atomic E-state index is 13.8. The lowest BCUT2D eigenvalue weighted by Gasteiger charge is -2.09. The Balaban J connectivity index is 1.86. The topological polar surface area (TPSA) is 137 Å². The standard InChI is InChI=1S/C22H12F3N5O4S/c1-12-16(20(31)29-35(33,34)15-9-5-6-13(10-15)11-26)21(32)30-19(27-12)17(14-7-3-2-4-8-14)18(28-30)22(23,24)25/h2-4,7-10,27H,1H3,(H,29,31). The van der Waals surface area contributed by atoms with Crippen LogP contribution in [0, 0.1) is 30.4 Å². The molecule has 0 aliphatic rings. The number of halogens is 3. The van der Waals surface area contributed by atoms with E-state index in [1.807, 2.05) is 0 Å². The Hall–Kier alpha value is -4.62. The van der Waals surface area contributed by atoms with Crippen LogP contribution in [0.5, 0.6) is 0 Å². The van der Waals surface area contributed by atoms with Crippen molar-refractivity contribution in [2.24, 2.45) is 0 Å². The number of nitriles is 1. The molecule has 4 aromatic rings. The molecule has 9 nitrogen and oxygen atoms in total. The van der Waals surface area contributed by atoms with E-state index < -0.39 is 49.4 Å². The van der Waals surface area contributed by atoms with Gasteiger partial charge in [-0.1, -0.05) is 42.5 Å². The fraction of sp³-hybridized carbons (Fsp3) is 0.0909. The molecule has 0 unspecified atom stereocenters. The number of amides is 1. The molecule has 2 N–H and O–H groups in total. The summed E-state index contributed by atoms with van der Waals surface area (Å²) in [6, 6.07) is 15.7. The van der Waals surface area contributed by atoms with E-state index in [2.05, 4.69) is 22.2 Å². The number of nitrogens with zero attached hydrogens (tertiary/aromatic N) is 3. The highest BCUT2D eigenvalue weighted by Crippen LogP contribution is 2.38. The van der Waals surface area contributed by atoms with Crippen LogP contribution in [0.15, 0.2) is 52.2 Å². The van der Waals surface area contributed by atoms with Gasteiger partial charge in [-0.2, -0.15) is 28.0 Å². The number of fused-ring (bicyclic) bond motifs is 1. The molecule has 0 aliphatic carbocycles. The van der Waals surface area contributed by atoms with Gasteiger partial charge in [0.25, 0.3) is 21.5 Å². The highest BCUT2D eigenvalue weighted by Gasteiger charge is 2.39.